The molecule has 1 aromatic rings. The van der Waals surface area contributed by atoms with Crippen molar-refractivity contribution >= 4 is 22.6 Å². The van der Waals surface area contributed by atoms with E-state index in [1.165, 1.54) is 0 Å². The van der Waals surface area contributed by atoms with Crippen LogP contribution in [0.15, 0.2) is 12.1 Å². The molecule has 0 aromatic heterocycles. The first-order valence-corrected chi connectivity index (χ1v) is 4.57. The molecule has 0 aliphatic heterocycles. The van der Waals surface area contributed by atoms with Gasteiger partial charge in [-0.2, -0.15) is 5.26 Å². The average Bonchev–Trinajstić information content (AvgIpc) is 2.03. The lowest BCUT2D eigenvalue weighted by Crippen LogP contribution is -1.92. The Morgan fingerprint density at radius 2 is 2.25 bits per heavy atom. The average molecular weight is 273 g/mol. The van der Waals surface area contributed by atoms with Crippen LogP contribution in [-0.2, 0) is 6.61 Å². The lowest BCUT2D eigenvalue weighted by atomic mass is 10.1. The van der Waals surface area contributed by atoms with Gasteiger partial charge in [-0.3, -0.25) is 0 Å². The third kappa shape index (κ3) is 1.76. The van der Waals surface area contributed by atoms with Crippen molar-refractivity contribution in [2.24, 2.45) is 0 Å². The summed E-state index contributed by atoms with van der Waals surface area (Å²) in [6, 6.07) is 5.79. The molecule has 12 heavy (non-hydrogen) atoms. The lowest BCUT2D eigenvalue weighted by Gasteiger charge is -2.03. The highest BCUT2D eigenvalue weighted by atomic mass is 127. The Hall–Kier alpha value is -0.600. The molecular formula is C9H8INO. The molecule has 1 rings (SSSR count). The van der Waals surface area contributed by atoms with Gasteiger partial charge in [0.15, 0.2) is 0 Å². The van der Waals surface area contributed by atoms with Crippen molar-refractivity contribution in [3.8, 4) is 6.07 Å². The molecule has 2 nitrogen and oxygen atoms in total. The quantitative estimate of drug-likeness (QED) is 0.795. The van der Waals surface area contributed by atoms with Gasteiger partial charge in [0.05, 0.1) is 12.2 Å². The highest BCUT2D eigenvalue weighted by Crippen LogP contribution is 2.18. The summed E-state index contributed by atoms with van der Waals surface area (Å²) in [5.41, 5.74) is 2.48. The summed E-state index contributed by atoms with van der Waals surface area (Å²) in [5, 5.41) is 17.6. The number of aliphatic hydroxyl groups excluding tert-OH is 1. The molecule has 1 N–H and O–H groups in total. The molecule has 0 unspecified atom stereocenters. The number of hydrogen-bond donors (Lipinski definition) is 1. The predicted octanol–water partition coefficient (Wildman–Crippen LogP) is 1.96. The molecule has 0 aliphatic rings. The van der Waals surface area contributed by atoms with Gasteiger partial charge in [0.2, 0.25) is 0 Å². The normalized spacial score (nSPS) is 9.50. The molecule has 1 aromatic carbocycles. The van der Waals surface area contributed by atoms with E-state index in [2.05, 4.69) is 28.7 Å². The number of hydrogen-bond acceptors (Lipinski definition) is 2. The molecule has 0 saturated carbocycles. The van der Waals surface area contributed by atoms with Gasteiger partial charge in [0.1, 0.15) is 6.07 Å². The Balaban J connectivity index is 3.30. The van der Waals surface area contributed by atoms with E-state index in [1.807, 2.05) is 19.1 Å². The SMILES string of the molecule is Cc1cc(CO)cc(I)c1C#N. The molecule has 0 fully saturated rings. The molecule has 0 spiro atoms. The van der Waals surface area contributed by atoms with Crippen molar-refractivity contribution in [3.63, 3.8) is 0 Å². The Morgan fingerprint density at radius 3 is 2.67 bits per heavy atom. The molecule has 0 bridgehead atoms. The van der Waals surface area contributed by atoms with E-state index in [0.717, 1.165) is 14.7 Å². The molecule has 0 aliphatic carbocycles. The topological polar surface area (TPSA) is 44.0 Å². The fraction of sp³-hybridized carbons (Fsp3) is 0.222. The number of nitriles is 1. The molecule has 0 radical (unpaired) electrons. The van der Waals surface area contributed by atoms with E-state index in [-0.39, 0.29) is 6.61 Å². The van der Waals surface area contributed by atoms with Crippen molar-refractivity contribution in [2.75, 3.05) is 0 Å². The third-order valence-corrected chi connectivity index (χ3v) is 2.49. The van der Waals surface area contributed by atoms with Crippen molar-refractivity contribution in [3.05, 3.63) is 32.4 Å². The molecule has 0 heterocycles. The molecule has 0 saturated heterocycles. The van der Waals surface area contributed by atoms with Gasteiger partial charge in [-0.1, -0.05) is 6.07 Å². The van der Waals surface area contributed by atoms with Gasteiger partial charge in [-0.15, -0.1) is 0 Å². The summed E-state index contributed by atoms with van der Waals surface area (Å²) >= 11 is 2.10. The van der Waals surface area contributed by atoms with Crippen LogP contribution >= 0.6 is 22.6 Å². The highest BCUT2D eigenvalue weighted by Gasteiger charge is 2.04. The van der Waals surface area contributed by atoms with E-state index in [0.29, 0.717) is 5.56 Å². The maximum absolute atomic E-state index is 8.86. The Bertz CT molecular complexity index is 318. The predicted molar refractivity (Wildman–Crippen MR) is 54.5 cm³/mol. The van der Waals surface area contributed by atoms with Gasteiger partial charge in [-0.25, -0.2) is 0 Å². The van der Waals surface area contributed by atoms with Crippen LogP contribution in [0.25, 0.3) is 0 Å². The van der Waals surface area contributed by atoms with Gasteiger partial charge < -0.3 is 5.11 Å². The smallest absolute Gasteiger partial charge is 0.101 e. The standard InChI is InChI=1S/C9H8INO/c1-6-2-7(5-12)3-9(10)8(6)4-11/h2-3,12H,5H2,1H3. The van der Waals surface area contributed by atoms with Crippen LogP contribution in [0.2, 0.25) is 0 Å². The summed E-state index contributed by atoms with van der Waals surface area (Å²) < 4.78 is 0.902. The molecule has 3 heteroatoms. The first kappa shape index (κ1) is 9.49. The number of aryl methyl sites for hydroxylation is 1. The zero-order chi connectivity index (χ0) is 9.14. The monoisotopic (exact) mass is 273 g/mol. The first-order chi connectivity index (χ1) is 5.69. The zero-order valence-corrected chi connectivity index (χ0v) is 8.79. The summed E-state index contributed by atoms with van der Waals surface area (Å²) in [5.74, 6) is 0. The minimum absolute atomic E-state index is 0.0303. The van der Waals surface area contributed by atoms with Crippen LogP contribution in [0.1, 0.15) is 16.7 Å². The Labute approximate surface area is 85.0 Å². The number of benzene rings is 1. The van der Waals surface area contributed by atoms with Gasteiger partial charge >= 0.3 is 0 Å². The van der Waals surface area contributed by atoms with Gasteiger partial charge in [-0.05, 0) is 46.7 Å². The summed E-state index contributed by atoms with van der Waals surface area (Å²) in [6.07, 6.45) is 0. The number of rotatable bonds is 1. The summed E-state index contributed by atoms with van der Waals surface area (Å²) in [6.45, 7) is 1.91. The number of aliphatic hydroxyl groups is 1. The molecule has 0 atom stereocenters. The van der Waals surface area contributed by atoms with E-state index in [9.17, 15) is 0 Å². The largest absolute Gasteiger partial charge is 0.392 e. The van der Waals surface area contributed by atoms with Gasteiger partial charge in [0.25, 0.3) is 0 Å². The second-order valence-electron chi connectivity index (χ2n) is 2.54. The summed E-state index contributed by atoms with van der Waals surface area (Å²) in [4.78, 5) is 0. The Kier molecular flexibility index (Phi) is 3.06. The Morgan fingerprint density at radius 1 is 1.58 bits per heavy atom. The number of halogens is 1. The second-order valence-corrected chi connectivity index (χ2v) is 3.70. The fourth-order valence-electron chi connectivity index (χ4n) is 1.05. The van der Waals surface area contributed by atoms with Crippen molar-refractivity contribution in [2.45, 2.75) is 13.5 Å². The highest BCUT2D eigenvalue weighted by molar-refractivity contribution is 14.1. The van der Waals surface area contributed by atoms with E-state index in [4.69, 9.17) is 10.4 Å². The second kappa shape index (κ2) is 3.87. The molecule has 0 amide bonds. The van der Waals surface area contributed by atoms with Crippen LogP contribution in [0.5, 0.6) is 0 Å². The van der Waals surface area contributed by atoms with E-state index >= 15 is 0 Å². The van der Waals surface area contributed by atoms with E-state index < -0.39 is 0 Å². The molecular weight excluding hydrogens is 265 g/mol. The summed E-state index contributed by atoms with van der Waals surface area (Å²) in [7, 11) is 0. The minimum atomic E-state index is 0.0303. The van der Waals surface area contributed by atoms with Crippen LogP contribution in [-0.4, -0.2) is 5.11 Å². The van der Waals surface area contributed by atoms with Crippen molar-refractivity contribution in [1.82, 2.24) is 0 Å². The minimum Gasteiger partial charge on any atom is -0.392 e. The maximum Gasteiger partial charge on any atom is 0.101 e. The van der Waals surface area contributed by atoms with Crippen molar-refractivity contribution < 1.29 is 5.11 Å². The van der Waals surface area contributed by atoms with E-state index in [1.54, 1.807) is 0 Å². The van der Waals surface area contributed by atoms with Crippen LogP contribution in [0.4, 0.5) is 0 Å². The zero-order valence-electron chi connectivity index (χ0n) is 6.63. The molecule has 62 valence electrons. The van der Waals surface area contributed by atoms with Crippen molar-refractivity contribution in [1.29, 1.82) is 5.26 Å². The van der Waals surface area contributed by atoms with Gasteiger partial charge in [0, 0.05) is 3.57 Å². The third-order valence-electron chi connectivity index (χ3n) is 1.64. The van der Waals surface area contributed by atoms with Crippen LogP contribution in [0, 0.1) is 21.8 Å². The number of nitrogens with zero attached hydrogens (tertiary/aromatic N) is 1. The fourth-order valence-corrected chi connectivity index (χ4v) is 1.99. The first-order valence-electron chi connectivity index (χ1n) is 3.49. The maximum atomic E-state index is 8.86. The van der Waals surface area contributed by atoms with Crippen LogP contribution in [0.3, 0.4) is 0 Å². The lowest BCUT2D eigenvalue weighted by molar-refractivity contribution is 0.281. The van der Waals surface area contributed by atoms with Crippen LogP contribution < -0.4 is 0 Å².